The van der Waals surface area contributed by atoms with E-state index in [4.69, 9.17) is 0 Å². The second-order valence-corrected chi connectivity index (χ2v) is 4.23. The standard InChI is InChI=1S/C12H10F2N4O3/c1-6-10(5-7-8(13)3-2-4-9(7)14)15-12(16-11(6)19)17-18(20)21/h2-4H,5H2,1H3,(H2,15,16,17,19). The Bertz CT molecular complexity index is 740. The van der Waals surface area contributed by atoms with Gasteiger partial charge < -0.3 is 0 Å². The summed E-state index contributed by atoms with van der Waals surface area (Å²) in [6.45, 7) is 1.41. The molecule has 0 amide bonds. The van der Waals surface area contributed by atoms with Crippen LogP contribution in [0.25, 0.3) is 0 Å². The fourth-order valence-electron chi connectivity index (χ4n) is 1.76. The molecule has 0 spiro atoms. The highest BCUT2D eigenvalue weighted by atomic mass is 19.1. The number of aromatic nitrogens is 2. The molecule has 9 heteroatoms. The topological polar surface area (TPSA) is 101 Å². The van der Waals surface area contributed by atoms with Crippen molar-refractivity contribution < 1.29 is 13.8 Å². The lowest BCUT2D eigenvalue weighted by atomic mass is 10.1. The molecule has 0 radical (unpaired) electrons. The molecule has 7 nitrogen and oxygen atoms in total. The molecule has 0 saturated heterocycles. The van der Waals surface area contributed by atoms with Crippen LogP contribution in [0.2, 0.25) is 0 Å². The van der Waals surface area contributed by atoms with Crippen molar-refractivity contribution in [1.82, 2.24) is 9.97 Å². The van der Waals surface area contributed by atoms with Crippen LogP contribution in [0, 0.1) is 28.7 Å². The predicted octanol–water partition coefficient (Wildman–Crippen LogP) is 1.55. The number of anilines is 1. The average Bonchev–Trinajstić information content (AvgIpc) is 2.38. The van der Waals surface area contributed by atoms with Gasteiger partial charge in [-0.25, -0.2) is 23.9 Å². The van der Waals surface area contributed by atoms with Crippen LogP contribution in [-0.2, 0) is 6.42 Å². The number of nitrogens with zero attached hydrogens (tertiary/aromatic N) is 2. The second-order valence-electron chi connectivity index (χ2n) is 4.23. The molecule has 21 heavy (non-hydrogen) atoms. The van der Waals surface area contributed by atoms with Gasteiger partial charge in [0, 0.05) is 17.5 Å². The SMILES string of the molecule is Cc1c(Cc2c(F)cccc2F)nc(N[N+](=O)[O-])[nH]c1=O. The highest BCUT2D eigenvalue weighted by Gasteiger charge is 2.15. The molecule has 2 N–H and O–H groups in total. The van der Waals surface area contributed by atoms with Gasteiger partial charge in [0.1, 0.15) is 11.6 Å². The van der Waals surface area contributed by atoms with Crippen molar-refractivity contribution in [2.24, 2.45) is 0 Å². The largest absolute Gasteiger partial charge is 0.288 e. The highest BCUT2D eigenvalue weighted by molar-refractivity contribution is 5.32. The van der Waals surface area contributed by atoms with E-state index < -0.39 is 28.2 Å². The Labute approximate surface area is 116 Å². The number of hydrogen-bond donors (Lipinski definition) is 2. The van der Waals surface area contributed by atoms with Crippen molar-refractivity contribution in [3.8, 4) is 0 Å². The zero-order valence-corrected chi connectivity index (χ0v) is 10.8. The van der Waals surface area contributed by atoms with E-state index in [0.29, 0.717) is 0 Å². The number of nitrogens with one attached hydrogen (secondary N) is 2. The molecule has 110 valence electrons. The van der Waals surface area contributed by atoms with E-state index in [1.54, 1.807) is 5.43 Å². The summed E-state index contributed by atoms with van der Waals surface area (Å²) < 4.78 is 27.2. The summed E-state index contributed by atoms with van der Waals surface area (Å²) in [4.78, 5) is 28.0. The Morgan fingerprint density at radius 3 is 2.57 bits per heavy atom. The Morgan fingerprint density at radius 1 is 1.38 bits per heavy atom. The number of hydrazine groups is 1. The van der Waals surface area contributed by atoms with E-state index >= 15 is 0 Å². The number of rotatable bonds is 4. The first-order valence-corrected chi connectivity index (χ1v) is 5.82. The van der Waals surface area contributed by atoms with Crippen molar-refractivity contribution in [2.45, 2.75) is 13.3 Å². The minimum absolute atomic E-state index is 0.0482. The second kappa shape index (κ2) is 5.65. The summed E-state index contributed by atoms with van der Waals surface area (Å²) in [7, 11) is 0. The molecule has 2 rings (SSSR count). The molecule has 0 saturated carbocycles. The van der Waals surface area contributed by atoms with Crippen molar-refractivity contribution in [3.05, 3.63) is 67.1 Å². The van der Waals surface area contributed by atoms with E-state index in [1.807, 2.05) is 0 Å². The first-order chi connectivity index (χ1) is 9.88. The van der Waals surface area contributed by atoms with Crippen LogP contribution >= 0.6 is 0 Å². The minimum atomic E-state index is -0.902. The van der Waals surface area contributed by atoms with Crippen LogP contribution in [0.15, 0.2) is 23.0 Å². The lowest BCUT2D eigenvalue weighted by Crippen LogP contribution is -2.21. The summed E-state index contributed by atoms with van der Waals surface area (Å²) in [6, 6.07) is 3.38. The molecular weight excluding hydrogens is 286 g/mol. The number of aromatic amines is 1. The summed E-state index contributed by atoms with van der Waals surface area (Å²) in [6.07, 6.45) is -0.291. The number of nitro groups is 1. The van der Waals surface area contributed by atoms with Crippen molar-refractivity contribution >= 4 is 5.95 Å². The third-order valence-corrected chi connectivity index (χ3v) is 2.86. The molecule has 2 aromatic rings. The average molecular weight is 296 g/mol. The van der Waals surface area contributed by atoms with E-state index in [1.165, 1.54) is 13.0 Å². The van der Waals surface area contributed by atoms with Crippen LogP contribution in [0.3, 0.4) is 0 Å². The molecule has 0 unspecified atom stereocenters. The Balaban J connectivity index is 2.46. The van der Waals surface area contributed by atoms with E-state index in [-0.39, 0.29) is 23.2 Å². The van der Waals surface area contributed by atoms with Crippen molar-refractivity contribution in [1.29, 1.82) is 0 Å². The van der Waals surface area contributed by atoms with E-state index in [9.17, 15) is 23.7 Å². The highest BCUT2D eigenvalue weighted by Crippen LogP contribution is 2.17. The van der Waals surface area contributed by atoms with Crippen molar-refractivity contribution in [3.63, 3.8) is 0 Å². The number of benzene rings is 1. The van der Waals surface area contributed by atoms with Gasteiger partial charge in [0.25, 0.3) is 11.5 Å². The van der Waals surface area contributed by atoms with Gasteiger partial charge >= 0.3 is 0 Å². The van der Waals surface area contributed by atoms with Gasteiger partial charge in [-0.3, -0.25) is 9.78 Å². The number of halogens is 2. The van der Waals surface area contributed by atoms with E-state index in [2.05, 4.69) is 9.97 Å². The quantitative estimate of drug-likeness (QED) is 0.658. The maximum Gasteiger partial charge on any atom is 0.266 e. The van der Waals surface area contributed by atoms with Crippen LogP contribution in [-0.4, -0.2) is 15.0 Å². The predicted molar refractivity (Wildman–Crippen MR) is 69.4 cm³/mol. The van der Waals surface area contributed by atoms with Gasteiger partial charge in [0.2, 0.25) is 0 Å². The lowest BCUT2D eigenvalue weighted by Gasteiger charge is -2.08. The normalized spacial score (nSPS) is 10.4. The van der Waals surface area contributed by atoms with Gasteiger partial charge in [0.05, 0.1) is 5.69 Å². The Hall–Kier alpha value is -2.84. The molecule has 0 aliphatic carbocycles. The van der Waals surface area contributed by atoms with Crippen LogP contribution in [0.5, 0.6) is 0 Å². The molecule has 1 aromatic heterocycles. The first-order valence-electron chi connectivity index (χ1n) is 5.82. The van der Waals surface area contributed by atoms with Crippen molar-refractivity contribution in [2.75, 3.05) is 5.43 Å². The molecule has 0 aliphatic heterocycles. The fourth-order valence-corrected chi connectivity index (χ4v) is 1.76. The van der Waals surface area contributed by atoms with Crippen LogP contribution in [0.1, 0.15) is 16.8 Å². The maximum absolute atomic E-state index is 13.6. The monoisotopic (exact) mass is 296 g/mol. The summed E-state index contributed by atoms with van der Waals surface area (Å²) >= 11 is 0. The zero-order chi connectivity index (χ0) is 15.6. The minimum Gasteiger partial charge on any atom is -0.288 e. The molecule has 1 aromatic carbocycles. The third-order valence-electron chi connectivity index (χ3n) is 2.86. The summed E-state index contributed by atoms with van der Waals surface area (Å²) in [5.74, 6) is -1.96. The summed E-state index contributed by atoms with van der Waals surface area (Å²) in [5.41, 5.74) is 0.993. The van der Waals surface area contributed by atoms with Gasteiger partial charge in [-0.15, -0.1) is 0 Å². The molecule has 0 aliphatic rings. The van der Waals surface area contributed by atoms with Gasteiger partial charge in [0.15, 0.2) is 5.03 Å². The van der Waals surface area contributed by atoms with Crippen LogP contribution in [0.4, 0.5) is 14.7 Å². The molecular formula is C12H10F2N4O3. The van der Waals surface area contributed by atoms with E-state index in [0.717, 1.165) is 12.1 Å². The third kappa shape index (κ3) is 3.19. The first kappa shape index (κ1) is 14.6. The molecule has 0 atom stereocenters. The smallest absolute Gasteiger partial charge is 0.266 e. The van der Waals surface area contributed by atoms with Gasteiger partial charge in [-0.05, 0) is 19.1 Å². The maximum atomic E-state index is 13.6. The Morgan fingerprint density at radius 2 is 2.00 bits per heavy atom. The number of H-pyrrole nitrogens is 1. The lowest BCUT2D eigenvalue weighted by molar-refractivity contribution is -0.446. The van der Waals surface area contributed by atoms with Gasteiger partial charge in [-0.2, -0.15) is 0 Å². The van der Waals surface area contributed by atoms with Gasteiger partial charge in [-0.1, -0.05) is 11.5 Å². The molecule has 1 heterocycles. The Kier molecular flexibility index (Phi) is 3.92. The number of hydrogen-bond acceptors (Lipinski definition) is 4. The fraction of sp³-hybridized carbons (Fsp3) is 0.167. The molecule has 0 bridgehead atoms. The zero-order valence-electron chi connectivity index (χ0n) is 10.8. The summed E-state index contributed by atoms with van der Waals surface area (Å²) in [5, 5.41) is 9.45. The van der Waals surface area contributed by atoms with Crippen LogP contribution < -0.4 is 11.0 Å². The molecule has 0 fully saturated rings.